The number of aromatic nitrogens is 3. The van der Waals surface area contributed by atoms with Crippen LogP contribution in [-0.4, -0.2) is 27.3 Å². The van der Waals surface area contributed by atoms with Crippen LogP contribution in [0.4, 0.5) is 0 Å². The molecule has 1 aliphatic carbocycles. The Balaban J connectivity index is 1.69. The van der Waals surface area contributed by atoms with E-state index in [4.69, 9.17) is 14.2 Å². The zero-order valence-corrected chi connectivity index (χ0v) is 15.3. The van der Waals surface area contributed by atoms with E-state index in [1.807, 2.05) is 25.3 Å². The lowest BCUT2D eigenvalue weighted by Gasteiger charge is -2.09. The summed E-state index contributed by atoms with van der Waals surface area (Å²) >= 11 is 1.56. The fraction of sp³-hybridized carbons (Fsp3) is 0.263. The first-order chi connectivity index (χ1) is 12.8. The topological polar surface area (TPSA) is 73.4 Å². The van der Waals surface area contributed by atoms with E-state index in [1.54, 1.807) is 23.6 Å². The van der Waals surface area contributed by atoms with Crippen molar-refractivity contribution in [2.24, 2.45) is 5.16 Å². The van der Waals surface area contributed by atoms with Crippen LogP contribution in [0.1, 0.15) is 30.0 Å². The average molecular weight is 366 g/mol. The van der Waals surface area contributed by atoms with Crippen LogP contribution in [0.15, 0.2) is 46.8 Å². The number of pyridine rings is 1. The minimum Gasteiger partial charge on any atom is -0.440 e. The molecule has 0 fully saturated rings. The Morgan fingerprint density at radius 3 is 3.12 bits per heavy atom. The van der Waals surface area contributed by atoms with Crippen molar-refractivity contribution in [3.8, 4) is 21.3 Å². The number of aryl methyl sites for hydroxylation is 2. The smallest absolute Gasteiger partial charge is 0.239 e. The fourth-order valence-electron chi connectivity index (χ4n) is 2.84. The maximum Gasteiger partial charge on any atom is 0.239 e. The summed E-state index contributed by atoms with van der Waals surface area (Å²) in [7, 11) is 0. The van der Waals surface area contributed by atoms with Crippen molar-refractivity contribution in [1.29, 1.82) is 0 Å². The molecule has 6 nitrogen and oxygen atoms in total. The molecule has 7 heteroatoms. The van der Waals surface area contributed by atoms with E-state index in [0.29, 0.717) is 12.5 Å². The van der Waals surface area contributed by atoms with E-state index < -0.39 is 0 Å². The molecule has 0 spiro atoms. The van der Waals surface area contributed by atoms with E-state index in [2.05, 4.69) is 21.7 Å². The van der Waals surface area contributed by atoms with Gasteiger partial charge >= 0.3 is 0 Å². The normalized spacial score (nSPS) is 15.0. The minimum atomic E-state index is 0.381. The van der Waals surface area contributed by atoms with Crippen LogP contribution in [0.3, 0.4) is 0 Å². The summed E-state index contributed by atoms with van der Waals surface area (Å²) < 4.78 is 6.05. The SMILES string of the molecule is C=CCO/N=C1\CCCc2oc(-c3sc(-c4cccnc4)nc3C)nc21. The van der Waals surface area contributed by atoms with Crippen LogP contribution in [0.5, 0.6) is 0 Å². The third-order valence-electron chi connectivity index (χ3n) is 4.05. The number of oxime groups is 1. The van der Waals surface area contributed by atoms with Gasteiger partial charge in [0.05, 0.1) is 5.69 Å². The molecule has 0 bridgehead atoms. The second kappa shape index (κ2) is 7.21. The van der Waals surface area contributed by atoms with E-state index in [9.17, 15) is 0 Å². The Hall–Kier alpha value is -2.80. The molecule has 0 saturated heterocycles. The number of hydrogen-bond donors (Lipinski definition) is 0. The van der Waals surface area contributed by atoms with Gasteiger partial charge in [-0.05, 0) is 31.9 Å². The lowest BCUT2D eigenvalue weighted by molar-refractivity contribution is 0.174. The Kier molecular flexibility index (Phi) is 4.62. The standard InChI is InChI=1S/C19H18N4O2S/c1-3-10-24-23-14-7-4-8-15-16(14)22-18(25-15)17-12(2)21-19(26-17)13-6-5-9-20-11-13/h3,5-6,9,11H,1,4,7-8,10H2,2H3/b23-14+. The highest BCUT2D eigenvalue weighted by Gasteiger charge is 2.25. The number of hydrogen-bond acceptors (Lipinski definition) is 7. The summed E-state index contributed by atoms with van der Waals surface area (Å²) in [5.74, 6) is 1.46. The van der Waals surface area contributed by atoms with Gasteiger partial charge in [0.2, 0.25) is 5.89 Å². The first-order valence-corrected chi connectivity index (χ1v) is 9.26. The average Bonchev–Trinajstić information content (AvgIpc) is 3.26. The molecule has 132 valence electrons. The van der Waals surface area contributed by atoms with Gasteiger partial charge in [-0.3, -0.25) is 4.98 Å². The van der Waals surface area contributed by atoms with Crippen molar-refractivity contribution in [1.82, 2.24) is 15.0 Å². The molecule has 0 saturated carbocycles. The highest BCUT2D eigenvalue weighted by Crippen LogP contribution is 2.36. The zero-order chi connectivity index (χ0) is 17.9. The number of oxazole rings is 1. The number of fused-ring (bicyclic) bond motifs is 1. The van der Waals surface area contributed by atoms with Gasteiger partial charge in [-0.1, -0.05) is 17.8 Å². The van der Waals surface area contributed by atoms with Crippen molar-refractivity contribution in [3.05, 3.63) is 54.3 Å². The summed E-state index contributed by atoms with van der Waals surface area (Å²) in [4.78, 5) is 19.7. The lowest BCUT2D eigenvalue weighted by atomic mass is 10.0. The highest BCUT2D eigenvalue weighted by atomic mass is 32.1. The summed E-state index contributed by atoms with van der Waals surface area (Å²) in [5, 5.41) is 5.11. The zero-order valence-electron chi connectivity index (χ0n) is 14.4. The predicted molar refractivity (Wildman–Crippen MR) is 101 cm³/mol. The molecule has 3 aromatic heterocycles. The third kappa shape index (κ3) is 3.17. The van der Waals surface area contributed by atoms with Crippen LogP contribution in [0.2, 0.25) is 0 Å². The summed E-state index contributed by atoms with van der Waals surface area (Å²) in [5.41, 5.74) is 3.51. The number of thiazole rings is 1. The van der Waals surface area contributed by atoms with Gasteiger partial charge in [0.25, 0.3) is 0 Å². The van der Waals surface area contributed by atoms with Gasteiger partial charge in [0.15, 0.2) is 0 Å². The molecule has 0 atom stereocenters. The first-order valence-electron chi connectivity index (χ1n) is 8.44. The Labute approximate surface area is 155 Å². The summed E-state index contributed by atoms with van der Waals surface area (Å²) in [6, 6.07) is 3.90. The molecule has 0 radical (unpaired) electrons. The predicted octanol–water partition coefficient (Wildman–Crippen LogP) is 4.41. The van der Waals surface area contributed by atoms with Gasteiger partial charge in [0, 0.05) is 24.4 Å². The Morgan fingerprint density at radius 2 is 2.31 bits per heavy atom. The largest absolute Gasteiger partial charge is 0.440 e. The molecule has 0 N–H and O–H groups in total. The van der Waals surface area contributed by atoms with Crippen molar-refractivity contribution < 1.29 is 9.25 Å². The molecular weight excluding hydrogens is 348 g/mol. The van der Waals surface area contributed by atoms with Crippen molar-refractivity contribution in [3.63, 3.8) is 0 Å². The van der Waals surface area contributed by atoms with E-state index in [-0.39, 0.29) is 0 Å². The maximum atomic E-state index is 6.05. The maximum absolute atomic E-state index is 6.05. The highest BCUT2D eigenvalue weighted by molar-refractivity contribution is 7.18. The van der Waals surface area contributed by atoms with Gasteiger partial charge in [-0.25, -0.2) is 9.97 Å². The Bertz CT molecular complexity index is 959. The van der Waals surface area contributed by atoms with Gasteiger partial charge in [-0.15, -0.1) is 11.3 Å². The summed E-state index contributed by atoms with van der Waals surface area (Å²) in [6.45, 7) is 5.98. The molecule has 3 aromatic rings. The van der Waals surface area contributed by atoms with Crippen molar-refractivity contribution in [2.75, 3.05) is 6.61 Å². The molecule has 1 aliphatic rings. The van der Waals surface area contributed by atoms with Gasteiger partial charge in [0.1, 0.15) is 33.7 Å². The molecular formula is C19H18N4O2S. The second-order valence-electron chi connectivity index (χ2n) is 5.94. The molecule has 0 aromatic carbocycles. The van der Waals surface area contributed by atoms with Crippen molar-refractivity contribution in [2.45, 2.75) is 26.2 Å². The van der Waals surface area contributed by atoms with E-state index >= 15 is 0 Å². The molecule has 3 heterocycles. The minimum absolute atomic E-state index is 0.381. The van der Waals surface area contributed by atoms with Gasteiger partial charge in [-0.2, -0.15) is 0 Å². The summed E-state index contributed by atoms with van der Waals surface area (Å²) in [6.07, 6.45) is 7.89. The fourth-order valence-corrected chi connectivity index (χ4v) is 3.83. The Morgan fingerprint density at radius 1 is 1.38 bits per heavy atom. The van der Waals surface area contributed by atoms with E-state index in [0.717, 1.165) is 57.6 Å². The van der Waals surface area contributed by atoms with Crippen LogP contribution >= 0.6 is 11.3 Å². The first kappa shape index (κ1) is 16.7. The van der Waals surface area contributed by atoms with Crippen molar-refractivity contribution >= 4 is 17.0 Å². The molecule has 0 amide bonds. The molecule has 0 unspecified atom stereocenters. The second-order valence-corrected chi connectivity index (χ2v) is 6.94. The van der Waals surface area contributed by atoms with Crippen LogP contribution < -0.4 is 0 Å². The third-order valence-corrected chi connectivity index (χ3v) is 5.25. The van der Waals surface area contributed by atoms with E-state index in [1.165, 1.54) is 0 Å². The molecule has 26 heavy (non-hydrogen) atoms. The number of rotatable bonds is 5. The van der Waals surface area contributed by atoms with Crippen LogP contribution in [0.25, 0.3) is 21.3 Å². The number of nitrogens with zero attached hydrogens (tertiary/aromatic N) is 4. The quantitative estimate of drug-likeness (QED) is 0.380. The molecule has 4 rings (SSSR count). The van der Waals surface area contributed by atoms with Gasteiger partial charge < -0.3 is 9.25 Å². The van der Waals surface area contributed by atoms with Crippen LogP contribution in [-0.2, 0) is 11.3 Å². The lowest BCUT2D eigenvalue weighted by Crippen LogP contribution is -2.11. The molecule has 0 aliphatic heterocycles. The van der Waals surface area contributed by atoms with Crippen LogP contribution in [0, 0.1) is 6.92 Å². The monoisotopic (exact) mass is 366 g/mol.